The third kappa shape index (κ3) is 4.55. The molecule has 0 bridgehead atoms. The molecule has 29 heavy (non-hydrogen) atoms. The molecule has 0 saturated heterocycles. The fourth-order valence-electron chi connectivity index (χ4n) is 2.95. The van der Waals surface area contributed by atoms with E-state index in [1.54, 1.807) is 24.3 Å². The van der Waals surface area contributed by atoms with E-state index in [4.69, 9.17) is 0 Å². The molecule has 0 fully saturated rings. The summed E-state index contributed by atoms with van der Waals surface area (Å²) in [6, 6.07) is 19.8. The van der Waals surface area contributed by atoms with Crippen LogP contribution >= 0.6 is 0 Å². The molecule has 5 heteroatoms. The topological polar surface area (TPSA) is 17.1 Å². The SMILES string of the molecule is O=C(CC(C#Cc1ccc(F)cc1)(c1ccccc1)C(F)(F)F)c1ccccc1. The fourth-order valence-corrected chi connectivity index (χ4v) is 2.95. The first-order chi connectivity index (χ1) is 13.8. The molecule has 1 atom stereocenters. The molecule has 0 radical (unpaired) electrons. The molecular weight excluding hydrogens is 380 g/mol. The number of ketones is 1. The standard InChI is InChI=1S/C24H16F4O/c25-21-13-11-18(12-14-21)15-16-23(24(26,27)28,20-9-5-2-6-10-20)17-22(29)19-7-3-1-4-8-19/h1-14H,17H2. The predicted molar refractivity (Wildman–Crippen MR) is 103 cm³/mol. The molecule has 1 unspecified atom stereocenters. The van der Waals surface area contributed by atoms with Gasteiger partial charge in [0.05, 0.1) is 0 Å². The van der Waals surface area contributed by atoms with Crippen LogP contribution < -0.4 is 0 Å². The summed E-state index contributed by atoms with van der Waals surface area (Å²) < 4.78 is 56.3. The van der Waals surface area contributed by atoms with E-state index in [0.717, 1.165) is 12.1 Å². The van der Waals surface area contributed by atoms with Crippen molar-refractivity contribution < 1.29 is 22.4 Å². The second-order valence-electron chi connectivity index (χ2n) is 6.49. The van der Waals surface area contributed by atoms with E-state index in [0.29, 0.717) is 0 Å². The van der Waals surface area contributed by atoms with Crippen molar-refractivity contribution in [3.63, 3.8) is 0 Å². The Kier molecular flexibility index (Phi) is 5.84. The Morgan fingerprint density at radius 2 is 1.34 bits per heavy atom. The summed E-state index contributed by atoms with van der Waals surface area (Å²) in [5.41, 5.74) is -2.41. The third-order valence-electron chi connectivity index (χ3n) is 4.54. The van der Waals surface area contributed by atoms with E-state index in [-0.39, 0.29) is 16.7 Å². The van der Waals surface area contributed by atoms with Crippen LogP contribution in [0.5, 0.6) is 0 Å². The maximum absolute atomic E-state index is 14.4. The lowest BCUT2D eigenvalue weighted by molar-refractivity contribution is -0.172. The third-order valence-corrected chi connectivity index (χ3v) is 4.54. The van der Waals surface area contributed by atoms with E-state index in [9.17, 15) is 22.4 Å². The second-order valence-corrected chi connectivity index (χ2v) is 6.49. The Labute approximate surface area is 166 Å². The summed E-state index contributed by atoms with van der Waals surface area (Å²) in [4.78, 5) is 12.7. The van der Waals surface area contributed by atoms with Gasteiger partial charge in [0, 0.05) is 17.5 Å². The van der Waals surface area contributed by atoms with Gasteiger partial charge in [-0.1, -0.05) is 72.5 Å². The number of carbonyl (C=O) groups excluding carboxylic acids is 1. The van der Waals surface area contributed by atoms with Crippen LogP contribution in [0, 0.1) is 17.7 Å². The smallest absolute Gasteiger partial charge is 0.294 e. The normalized spacial score (nSPS) is 13.1. The van der Waals surface area contributed by atoms with Gasteiger partial charge >= 0.3 is 6.18 Å². The average molecular weight is 396 g/mol. The van der Waals surface area contributed by atoms with Crippen molar-refractivity contribution in [2.24, 2.45) is 0 Å². The molecule has 0 saturated carbocycles. The lowest BCUT2D eigenvalue weighted by atomic mass is 9.75. The molecule has 0 aliphatic carbocycles. The van der Waals surface area contributed by atoms with E-state index in [2.05, 4.69) is 11.8 Å². The Morgan fingerprint density at radius 3 is 1.90 bits per heavy atom. The lowest BCUT2D eigenvalue weighted by Crippen LogP contribution is -2.43. The number of Topliss-reactive ketones (excluding diaryl/α,β-unsaturated/α-hetero) is 1. The zero-order valence-corrected chi connectivity index (χ0v) is 15.2. The number of rotatable bonds is 4. The van der Waals surface area contributed by atoms with E-state index in [1.807, 2.05) is 0 Å². The van der Waals surface area contributed by atoms with Gasteiger partial charge in [-0.2, -0.15) is 13.2 Å². The quantitative estimate of drug-likeness (QED) is 0.303. The minimum absolute atomic E-state index is 0.119. The molecule has 0 aliphatic rings. The number of hydrogen-bond donors (Lipinski definition) is 0. The predicted octanol–water partition coefficient (Wildman–Crippen LogP) is 5.95. The summed E-state index contributed by atoms with van der Waals surface area (Å²) in [7, 11) is 0. The average Bonchev–Trinajstić information content (AvgIpc) is 2.72. The van der Waals surface area contributed by atoms with Gasteiger partial charge < -0.3 is 0 Å². The highest BCUT2D eigenvalue weighted by Gasteiger charge is 2.56. The first-order valence-electron chi connectivity index (χ1n) is 8.81. The highest BCUT2D eigenvalue weighted by atomic mass is 19.4. The summed E-state index contributed by atoms with van der Waals surface area (Å²) in [6.45, 7) is 0. The van der Waals surface area contributed by atoms with E-state index < -0.39 is 29.6 Å². The number of alkyl halides is 3. The van der Waals surface area contributed by atoms with Crippen molar-refractivity contribution in [2.45, 2.75) is 18.0 Å². The molecule has 1 nitrogen and oxygen atoms in total. The molecular formula is C24H16F4O. The van der Waals surface area contributed by atoms with Crippen molar-refractivity contribution in [2.75, 3.05) is 0 Å². The molecule has 3 rings (SSSR count). The molecule has 0 spiro atoms. The van der Waals surface area contributed by atoms with E-state index in [1.165, 1.54) is 48.5 Å². The van der Waals surface area contributed by atoms with Crippen molar-refractivity contribution in [1.29, 1.82) is 0 Å². The Hall–Kier alpha value is -3.39. The van der Waals surface area contributed by atoms with Gasteiger partial charge in [0.25, 0.3) is 0 Å². The first kappa shape index (κ1) is 20.3. The van der Waals surface area contributed by atoms with Crippen LogP contribution in [-0.4, -0.2) is 12.0 Å². The summed E-state index contributed by atoms with van der Waals surface area (Å²) in [6.07, 6.45) is -5.68. The van der Waals surface area contributed by atoms with Gasteiger partial charge in [-0.05, 0) is 29.8 Å². The minimum Gasteiger partial charge on any atom is -0.294 e. The van der Waals surface area contributed by atoms with Gasteiger partial charge in [-0.15, -0.1) is 0 Å². The van der Waals surface area contributed by atoms with Crippen LogP contribution in [0.15, 0.2) is 84.9 Å². The highest BCUT2D eigenvalue weighted by molar-refractivity contribution is 5.97. The maximum Gasteiger partial charge on any atom is 0.409 e. The summed E-state index contributed by atoms with van der Waals surface area (Å²) in [5, 5.41) is 0. The summed E-state index contributed by atoms with van der Waals surface area (Å²) >= 11 is 0. The number of benzene rings is 3. The van der Waals surface area contributed by atoms with Crippen molar-refractivity contribution in [1.82, 2.24) is 0 Å². The van der Waals surface area contributed by atoms with Crippen LogP contribution in [0.1, 0.15) is 27.9 Å². The zero-order valence-electron chi connectivity index (χ0n) is 15.2. The fraction of sp³-hybridized carbons (Fsp3) is 0.125. The first-order valence-corrected chi connectivity index (χ1v) is 8.81. The molecule has 0 N–H and O–H groups in total. The van der Waals surface area contributed by atoms with Crippen molar-refractivity contribution in [3.8, 4) is 11.8 Å². The van der Waals surface area contributed by atoms with Crippen LogP contribution in [0.2, 0.25) is 0 Å². The Balaban J connectivity index is 2.13. The maximum atomic E-state index is 14.4. The van der Waals surface area contributed by atoms with Crippen LogP contribution in [-0.2, 0) is 5.41 Å². The monoisotopic (exact) mass is 396 g/mol. The Morgan fingerprint density at radius 1 is 0.793 bits per heavy atom. The van der Waals surface area contributed by atoms with Crippen molar-refractivity contribution in [3.05, 3.63) is 107 Å². The molecule has 3 aromatic carbocycles. The Bertz CT molecular complexity index is 1030. The molecule has 146 valence electrons. The molecule has 0 aliphatic heterocycles. The lowest BCUT2D eigenvalue weighted by Gasteiger charge is -2.31. The van der Waals surface area contributed by atoms with Gasteiger partial charge in [-0.25, -0.2) is 4.39 Å². The van der Waals surface area contributed by atoms with Gasteiger partial charge in [0.1, 0.15) is 5.82 Å². The van der Waals surface area contributed by atoms with Gasteiger partial charge in [0.2, 0.25) is 0 Å². The summed E-state index contributed by atoms with van der Waals surface area (Å²) in [5.74, 6) is 3.61. The molecule has 0 aromatic heterocycles. The number of carbonyl (C=O) groups is 1. The van der Waals surface area contributed by atoms with Crippen LogP contribution in [0.4, 0.5) is 17.6 Å². The molecule has 0 amide bonds. The van der Waals surface area contributed by atoms with E-state index >= 15 is 0 Å². The largest absolute Gasteiger partial charge is 0.409 e. The van der Waals surface area contributed by atoms with Gasteiger partial charge in [-0.3, -0.25) is 4.79 Å². The number of hydrogen-bond acceptors (Lipinski definition) is 1. The zero-order chi connectivity index (χ0) is 20.9. The van der Waals surface area contributed by atoms with Gasteiger partial charge in [0.15, 0.2) is 11.2 Å². The number of halogens is 4. The van der Waals surface area contributed by atoms with Crippen molar-refractivity contribution >= 4 is 5.78 Å². The second kappa shape index (κ2) is 8.32. The molecule has 3 aromatic rings. The molecule has 0 heterocycles. The van der Waals surface area contributed by atoms with Crippen LogP contribution in [0.3, 0.4) is 0 Å². The highest BCUT2D eigenvalue weighted by Crippen LogP contribution is 2.44. The van der Waals surface area contributed by atoms with Crippen LogP contribution in [0.25, 0.3) is 0 Å². The minimum atomic E-state index is -4.81.